The van der Waals surface area contributed by atoms with Crippen molar-refractivity contribution in [3.8, 4) is 0 Å². The monoisotopic (exact) mass is 362 g/mol. The van der Waals surface area contributed by atoms with Crippen LogP contribution in [0.15, 0.2) is 27.8 Å². The lowest BCUT2D eigenvalue weighted by Gasteiger charge is -2.31. The van der Waals surface area contributed by atoms with Crippen LogP contribution in [0.3, 0.4) is 0 Å². The van der Waals surface area contributed by atoms with E-state index in [1.807, 2.05) is 6.07 Å². The summed E-state index contributed by atoms with van der Waals surface area (Å²) in [7, 11) is 0. The van der Waals surface area contributed by atoms with Crippen LogP contribution in [0.2, 0.25) is 0 Å². The molecule has 2 fully saturated rings. The third kappa shape index (κ3) is 5.24. The summed E-state index contributed by atoms with van der Waals surface area (Å²) in [6, 6.07) is 4.23. The molecule has 0 spiro atoms. The Balaban J connectivity index is 1.61. The predicted molar refractivity (Wildman–Crippen MR) is 104 cm³/mol. The number of guanidine groups is 1. The summed E-state index contributed by atoms with van der Waals surface area (Å²) in [5, 5.41) is 17.5. The summed E-state index contributed by atoms with van der Waals surface area (Å²) in [5.74, 6) is 1.78. The van der Waals surface area contributed by atoms with Gasteiger partial charge < -0.3 is 20.2 Å². The van der Waals surface area contributed by atoms with Crippen LogP contribution in [-0.2, 0) is 0 Å². The van der Waals surface area contributed by atoms with Crippen LogP contribution in [-0.4, -0.2) is 54.3 Å². The van der Waals surface area contributed by atoms with Gasteiger partial charge in [-0.05, 0) is 57.8 Å². The first-order valence-electron chi connectivity index (χ1n) is 10.2. The quantitative estimate of drug-likeness (QED) is 0.514. The highest BCUT2D eigenvalue weighted by atomic mass is 16.3. The fourth-order valence-electron chi connectivity index (χ4n) is 4.07. The molecule has 1 aromatic rings. The Morgan fingerprint density at radius 3 is 2.65 bits per heavy atom. The zero-order valence-electron chi connectivity index (χ0n) is 16.0. The maximum atomic E-state index is 10.7. The topological polar surface area (TPSA) is 73.0 Å². The number of hydrogen-bond acceptors (Lipinski definition) is 4. The van der Waals surface area contributed by atoms with Gasteiger partial charge in [0.15, 0.2) is 5.96 Å². The van der Waals surface area contributed by atoms with E-state index in [1.165, 1.54) is 19.3 Å². The highest BCUT2D eigenvalue weighted by Crippen LogP contribution is 2.28. The average Bonchev–Trinajstić information content (AvgIpc) is 3.35. The molecule has 2 heterocycles. The van der Waals surface area contributed by atoms with Crippen LogP contribution >= 0.6 is 0 Å². The minimum absolute atomic E-state index is 0.217. The Morgan fingerprint density at radius 1 is 1.23 bits per heavy atom. The molecule has 3 rings (SSSR count). The van der Waals surface area contributed by atoms with E-state index >= 15 is 0 Å². The second-order valence-electron chi connectivity index (χ2n) is 7.64. The first-order valence-corrected chi connectivity index (χ1v) is 10.2. The molecular formula is C20H34N4O2. The van der Waals surface area contributed by atoms with Gasteiger partial charge in [-0.1, -0.05) is 19.3 Å². The van der Waals surface area contributed by atoms with E-state index in [4.69, 9.17) is 4.42 Å². The molecule has 1 atom stereocenters. The minimum atomic E-state index is -0.629. The Labute approximate surface area is 157 Å². The van der Waals surface area contributed by atoms with Crippen molar-refractivity contribution in [1.82, 2.24) is 15.5 Å². The first kappa shape index (κ1) is 19.2. The average molecular weight is 363 g/mol. The van der Waals surface area contributed by atoms with E-state index in [1.54, 1.807) is 6.26 Å². The van der Waals surface area contributed by atoms with E-state index < -0.39 is 5.60 Å². The molecule has 3 N–H and O–H groups in total. The van der Waals surface area contributed by atoms with Crippen LogP contribution in [0.25, 0.3) is 0 Å². The number of nitrogens with one attached hydrogen (secondary N) is 2. The van der Waals surface area contributed by atoms with Gasteiger partial charge in [0.2, 0.25) is 0 Å². The third-order valence-electron chi connectivity index (χ3n) is 5.58. The number of aliphatic imine (C=N–C) groups is 1. The summed E-state index contributed by atoms with van der Waals surface area (Å²) < 4.78 is 5.69. The highest BCUT2D eigenvalue weighted by molar-refractivity contribution is 5.79. The van der Waals surface area contributed by atoms with Gasteiger partial charge in [0, 0.05) is 13.1 Å². The molecule has 1 aliphatic heterocycles. The molecule has 0 aromatic carbocycles. The van der Waals surface area contributed by atoms with Gasteiger partial charge in [-0.2, -0.15) is 0 Å². The van der Waals surface area contributed by atoms with Crippen molar-refractivity contribution in [3.05, 3.63) is 24.2 Å². The molecule has 1 saturated carbocycles. The van der Waals surface area contributed by atoms with Crippen molar-refractivity contribution in [2.75, 3.05) is 32.7 Å². The lowest BCUT2D eigenvalue weighted by molar-refractivity contribution is 0.0131. The SMILES string of the molecule is CCNC(=NCC1(O)CCCCC1)NCC(c1ccco1)N1CCCC1. The summed E-state index contributed by atoms with van der Waals surface area (Å²) in [6.07, 6.45) is 9.40. The van der Waals surface area contributed by atoms with E-state index in [2.05, 4.69) is 33.5 Å². The molecule has 0 bridgehead atoms. The zero-order chi connectivity index (χ0) is 18.2. The molecule has 0 radical (unpaired) electrons. The fourth-order valence-corrected chi connectivity index (χ4v) is 4.07. The second kappa shape index (κ2) is 9.42. The molecule has 2 aliphatic rings. The largest absolute Gasteiger partial charge is 0.468 e. The third-order valence-corrected chi connectivity index (χ3v) is 5.58. The molecule has 1 unspecified atom stereocenters. The van der Waals surface area contributed by atoms with Gasteiger partial charge in [-0.3, -0.25) is 9.89 Å². The molecule has 6 heteroatoms. The number of rotatable bonds is 7. The first-order chi connectivity index (χ1) is 12.7. The van der Waals surface area contributed by atoms with Gasteiger partial charge in [0.05, 0.1) is 24.5 Å². The van der Waals surface area contributed by atoms with Gasteiger partial charge >= 0.3 is 0 Å². The number of nitrogens with zero attached hydrogens (tertiary/aromatic N) is 2. The van der Waals surface area contributed by atoms with Crippen molar-refractivity contribution < 1.29 is 9.52 Å². The molecular weight excluding hydrogens is 328 g/mol. The number of furan rings is 1. The van der Waals surface area contributed by atoms with Crippen molar-refractivity contribution >= 4 is 5.96 Å². The van der Waals surface area contributed by atoms with Crippen molar-refractivity contribution in [1.29, 1.82) is 0 Å². The zero-order valence-corrected chi connectivity index (χ0v) is 16.0. The van der Waals surface area contributed by atoms with E-state index in [-0.39, 0.29) is 6.04 Å². The number of hydrogen-bond donors (Lipinski definition) is 3. The Morgan fingerprint density at radius 2 is 2.00 bits per heavy atom. The molecule has 1 saturated heterocycles. The van der Waals surface area contributed by atoms with Crippen LogP contribution < -0.4 is 10.6 Å². The normalized spacial score (nSPS) is 22.3. The summed E-state index contributed by atoms with van der Waals surface area (Å²) >= 11 is 0. The lowest BCUT2D eigenvalue weighted by Crippen LogP contribution is -2.44. The van der Waals surface area contributed by atoms with Crippen LogP contribution in [0.5, 0.6) is 0 Å². The van der Waals surface area contributed by atoms with Crippen molar-refractivity contribution in [2.24, 2.45) is 4.99 Å². The summed E-state index contributed by atoms with van der Waals surface area (Å²) in [4.78, 5) is 7.16. The Kier molecular flexibility index (Phi) is 6.97. The molecule has 146 valence electrons. The summed E-state index contributed by atoms with van der Waals surface area (Å²) in [6.45, 7) is 6.31. The smallest absolute Gasteiger partial charge is 0.191 e. The Hall–Kier alpha value is -1.53. The molecule has 0 amide bonds. The van der Waals surface area contributed by atoms with E-state index in [9.17, 15) is 5.11 Å². The van der Waals surface area contributed by atoms with Gasteiger partial charge in [-0.25, -0.2) is 0 Å². The van der Waals surface area contributed by atoms with Gasteiger partial charge in [-0.15, -0.1) is 0 Å². The van der Waals surface area contributed by atoms with Crippen molar-refractivity contribution in [3.63, 3.8) is 0 Å². The van der Waals surface area contributed by atoms with Crippen LogP contribution in [0.4, 0.5) is 0 Å². The number of likely N-dealkylation sites (tertiary alicyclic amines) is 1. The van der Waals surface area contributed by atoms with E-state index in [0.29, 0.717) is 6.54 Å². The Bertz CT molecular complexity index is 546. The predicted octanol–water partition coefficient (Wildman–Crippen LogP) is 2.67. The van der Waals surface area contributed by atoms with Gasteiger partial charge in [0.1, 0.15) is 5.76 Å². The van der Waals surface area contributed by atoms with Crippen LogP contribution in [0.1, 0.15) is 63.7 Å². The molecule has 26 heavy (non-hydrogen) atoms. The second-order valence-corrected chi connectivity index (χ2v) is 7.64. The lowest BCUT2D eigenvalue weighted by atomic mass is 9.85. The van der Waals surface area contributed by atoms with Crippen LogP contribution in [0, 0.1) is 0 Å². The maximum absolute atomic E-state index is 10.7. The minimum Gasteiger partial charge on any atom is -0.468 e. The molecule has 1 aliphatic carbocycles. The summed E-state index contributed by atoms with van der Waals surface area (Å²) in [5.41, 5.74) is -0.629. The molecule has 1 aromatic heterocycles. The number of aliphatic hydroxyl groups is 1. The standard InChI is InChI=1S/C20H34N4O2/c1-2-21-19(23-16-20(25)10-4-3-5-11-20)22-15-17(18-9-8-14-26-18)24-12-6-7-13-24/h8-9,14,17,25H,2-7,10-13,15-16H2,1H3,(H2,21,22,23). The van der Waals surface area contributed by atoms with E-state index in [0.717, 1.165) is 63.6 Å². The maximum Gasteiger partial charge on any atom is 0.191 e. The molecule has 6 nitrogen and oxygen atoms in total. The van der Waals surface area contributed by atoms with Crippen molar-refractivity contribution in [2.45, 2.75) is 63.5 Å². The fraction of sp³-hybridized carbons (Fsp3) is 0.750. The highest BCUT2D eigenvalue weighted by Gasteiger charge is 2.29. The van der Waals surface area contributed by atoms with Gasteiger partial charge in [0.25, 0.3) is 0 Å².